The van der Waals surface area contributed by atoms with Crippen molar-refractivity contribution in [3.63, 3.8) is 0 Å². The van der Waals surface area contributed by atoms with Crippen molar-refractivity contribution in [3.05, 3.63) is 24.3 Å². The maximum atomic E-state index is 12.2. The lowest BCUT2D eigenvalue weighted by atomic mass is 10.2. The summed E-state index contributed by atoms with van der Waals surface area (Å²) >= 11 is 0. The predicted molar refractivity (Wildman–Crippen MR) is 82.2 cm³/mol. The van der Waals surface area contributed by atoms with Gasteiger partial charge in [0.25, 0.3) is 0 Å². The van der Waals surface area contributed by atoms with Crippen LogP contribution >= 0.6 is 0 Å². The Balaban J connectivity index is 2.60. The first-order valence-electron chi connectivity index (χ1n) is 6.75. The molecule has 2 N–H and O–H groups in total. The molecule has 0 radical (unpaired) electrons. The van der Waals surface area contributed by atoms with Gasteiger partial charge in [0, 0.05) is 13.1 Å². The molecule has 1 unspecified atom stereocenters. The summed E-state index contributed by atoms with van der Waals surface area (Å²) < 4.78 is 31.1. The van der Waals surface area contributed by atoms with E-state index in [1.54, 1.807) is 38.1 Å². The van der Waals surface area contributed by atoms with Gasteiger partial charge in [-0.2, -0.15) is 5.26 Å². The molecule has 1 aromatic rings. The molecular formula is C14H21N3O3S. The van der Waals surface area contributed by atoms with E-state index < -0.39 is 10.0 Å². The van der Waals surface area contributed by atoms with Crippen LogP contribution in [0.2, 0.25) is 0 Å². The fourth-order valence-corrected chi connectivity index (χ4v) is 3.18. The van der Waals surface area contributed by atoms with E-state index in [1.807, 2.05) is 6.07 Å². The number of sulfonamides is 1. The van der Waals surface area contributed by atoms with Crippen LogP contribution in [0, 0.1) is 17.2 Å². The van der Waals surface area contributed by atoms with Crippen LogP contribution in [-0.2, 0) is 10.0 Å². The number of ether oxygens (including phenoxy) is 1. The van der Waals surface area contributed by atoms with Crippen LogP contribution in [0.15, 0.2) is 24.3 Å². The second kappa shape index (κ2) is 7.86. The Hall–Kier alpha value is -1.78. The van der Waals surface area contributed by atoms with Gasteiger partial charge in [-0.25, -0.2) is 12.7 Å². The highest BCUT2D eigenvalue weighted by atomic mass is 32.2. The molecule has 1 atom stereocenters. The van der Waals surface area contributed by atoms with Gasteiger partial charge >= 0.3 is 0 Å². The zero-order valence-corrected chi connectivity index (χ0v) is 13.1. The van der Waals surface area contributed by atoms with Crippen LogP contribution in [0.3, 0.4) is 0 Å². The van der Waals surface area contributed by atoms with E-state index >= 15 is 0 Å². The van der Waals surface area contributed by atoms with Crippen LogP contribution in [0.25, 0.3) is 0 Å². The van der Waals surface area contributed by atoms with Gasteiger partial charge in [0.2, 0.25) is 10.0 Å². The lowest BCUT2D eigenvalue weighted by molar-refractivity contribution is 0.334. The summed E-state index contributed by atoms with van der Waals surface area (Å²) in [7, 11) is -3.44. The summed E-state index contributed by atoms with van der Waals surface area (Å²) in [6.45, 7) is 4.00. The van der Waals surface area contributed by atoms with Crippen LogP contribution in [0.1, 0.15) is 13.8 Å². The van der Waals surface area contributed by atoms with Gasteiger partial charge in [-0.05, 0) is 19.1 Å². The van der Waals surface area contributed by atoms with E-state index in [-0.39, 0.29) is 24.8 Å². The van der Waals surface area contributed by atoms with Gasteiger partial charge in [-0.15, -0.1) is 0 Å². The maximum Gasteiger partial charge on any atom is 0.217 e. The van der Waals surface area contributed by atoms with Crippen LogP contribution in [-0.4, -0.2) is 38.2 Å². The van der Waals surface area contributed by atoms with Crippen molar-refractivity contribution in [1.82, 2.24) is 4.31 Å². The predicted octanol–water partition coefficient (Wildman–Crippen LogP) is 1.46. The minimum Gasteiger partial charge on any atom is -0.490 e. The first-order chi connectivity index (χ1) is 9.90. The highest BCUT2D eigenvalue weighted by Crippen LogP contribution is 2.19. The Morgan fingerprint density at radius 1 is 1.43 bits per heavy atom. The van der Waals surface area contributed by atoms with Gasteiger partial charge < -0.3 is 10.5 Å². The number of anilines is 1. The molecule has 1 aromatic carbocycles. The first kappa shape index (κ1) is 17.3. The van der Waals surface area contributed by atoms with Crippen LogP contribution < -0.4 is 10.5 Å². The quantitative estimate of drug-likeness (QED) is 0.733. The van der Waals surface area contributed by atoms with E-state index in [0.717, 1.165) is 0 Å². The molecular weight excluding hydrogens is 290 g/mol. The summed E-state index contributed by atoms with van der Waals surface area (Å²) in [5.41, 5.74) is 6.19. The molecule has 0 amide bonds. The van der Waals surface area contributed by atoms with Gasteiger partial charge in [0.1, 0.15) is 12.4 Å². The number of hydrogen-bond acceptors (Lipinski definition) is 5. The number of nitrogen functional groups attached to an aromatic ring is 1. The Morgan fingerprint density at radius 3 is 2.67 bits per heavy atom. The minimum atomic E-state index is -3.44. The molecule has 7 heteroatoms. The average Bonchev–Trinajstić information content (AvgIpc) is 2.46. The van der Waals surface area contributed by atoms with Crippen molar-refractivity contribution in [2.45, 2.75) is 13.8 Å². The van der Waals surface area contributed by atoms with Gasteiger partial charge in [-0.3, -0.25) is 0 Å². The molecule has 1 rings (SSSR count). The molecule has 116 valence electrons. The standard InChI is InChI=1S/C14H21N3O3S/c1-3-17(11-12(2)10-15)21(18,19)9-8-20-14-7-5-4-6-13(14)16/h4-7,12H,3,8-9,11,16H2,1-2H3. The topological polar surface area (TPSA) is 96.4 Å². The maximum absolute atomic E-state index is 12.2. The van der Waals surface area contributed by atoms with Crippen LogP contribution in [0.4, 0.5) is 5.69 Å². The largest absolute Gasteiger partial charge is 0.490 e. The number of nitrogens with two attached hydrogens (primary N) is 1. The normalized spacial score (nSPS) is 12.9. The number of benzene rings is 1. The van der Waals surface area contributed by atoms with E-state index in [0.29, 0.717) is 18.0 Å². The second-order valence-electron chi connectivity index (χ2n) is 4.68. The molecule has 0 aliphatic rings. The fourth-order valence-electron chi connectivity index (χ4n) is 1.78. The number of para-hydroxylation sites is 2. The van der Waals surface area contributed by atoms with Crippen molar-refractivity contribution in [1.29, 1.82) is 5.26 Å². The smallest absolute Gasteiger partial charge is 0.217 e. The summed E-state index contributed by atoms with van der Waals surface area (Å²) in [6, 6.07) is 8.97. The average molecular weight is 311 g/mol. The molecule has 0 spiro atoms. The monoisotopic (exact) mass is 311 g/mol. The molecule has 0 fully saturated rings. The molecule has 0 aromatic heterocycles. The molecule has 0 aliphatic carbocycles. The van der Waals surface area contributed by atoms with Crippen molar-refractivity contribution >= 4 is 15.7 Å². The third-order valence-corrected chi connectivity index (χ3v) is 4.84. The summed E-state index contributed by atoms with van der Waals surface area (Å²) in [5.74, 6) is -0.0144. The fraction of sp³-hybridized carbons (Fsp3) is 0.500. The van der Waals surface area contributed by atoms with Gasteiger partial charge in [0.15, 0.2) is 0 Å². The van der Waals surface area contributed by atoms with Crippen LogP contribution in [0.5, 0.6) is 5.75 Å². The van der Waals surface area contributed by atoms with E-state index in [9.17, 15) is 8.42 Å². The SMILES string of the molecule is CCN(CC(C)C#N)S(=O)(=O)CCOc1ccccc1N. The molecule has 21 heavy (non-hydrogen) atoms. The molecule has 0 bridgehead atoms. The third-order valence-electron chi connectivity index (χ3n) is 2.96. The number of nitriles is 1. The van der Waals surface area contributed by atoms with Crippen molar-refractivity contribution in [2.24, 2.45) is 5.92 Å². The number of hydrogen-bond donors (Lipinski definition) is 1. The van der Waals surface area contributed by atoms with Crippen molar-refractivity contribution in [2.75, 3.05) is 31.2 Å². The Morgan fingerprint density at radius 2 is 2.10 bits per heavy atom. The zero-order valence-electron chi connectivity index (χ0n) is 12.3. The number of rotatable bonds is 8. The highest BCUT2D eigenvalue weighted by molar-refractivity contribution is 7.89. The first-order valence-corrected chi connectivity index (χ1v) is 8.36. The summed E-state index contributed by atoms with van der Waals surface area (Å²) in [6.07, 6.45) is 0. The molecule has 0 saturated heterocycles. The van der Waals surface area contributed by atoms with Gasteiger partial charge in [0.05, 0.1) is 23.4 Å². The highest BCUT2D eigenvalue weighted by Gasteiger charge is 2.22. The number of nitrogens with zero attached hydrogens (tertiary/aromatic N) is 2. The molecule has 0 saturated carbocycles. The molecule has 6 nitrogen and oxygen atoms in total. The van der Waals surface area contributed by atoms with E-state index in [1.165, 1.54) is 4.31 Å². The molecule has 0 aliphatic heterocycles. The van der Waals surface area contributed by atoms with Gasteiger partial charge in [-0.1, -0.05) is 19.1 Å². The lowest BCUT2D eigenvalue weighted by Crippen LogP contribution is -2.37. The zero-order chi connectivity index (χ0) is 15.9. The van der Waals surface area contributed by atoms with Crippen molar-refractivity contribution in [3.8, 4) is 11.8 Å². The third kappa shape index (κ3) is 5.25. The van der Waals surface area contributed by atoms with E-state index in [2.05, 4.69) is 0 Å². The minimum absolute atomic E-state index is 0.0218. The Bertz CT molecular complexity index is 596. The Kier molecular flexibility index (Phi) is 6.46. The molecule has 0 heterocycles. The van der Waals surface area contributed by atoms with E-state index in [4.69, 9.17) is 15.7 Å². The lowest BCUT2D eigenvalue weighted by Gasteiger charge is -2.21. The summed E-state index contributed by atoms with van der Waals surface area (Å²) in [4.78, 5) is 0. The Labute approximate surface area is 126 Å². The second-order valence-corrected chi connectivity index (χ2v) is 6.77. The van der Waals surface area contributed by atoms with Crippen molar-refractivity contribution < 1.29 is 13.2 Å². The summed E-state index contributed by atoms with van der Waals surface area (Å²) in [5, 5.41) is 8.79.